The number of aryl methyl sites for hydroxylation is 5. The van der Waals surface area contributed by atoms with Crippen molar-refractivity contribution in [1.29, 1.82) is 0 Å². The summed E-state index contributed by atoms with van der Waals surface area (Å²) >= 11 is 0. The number of hydrogen-bond donors (Lipinski definition) is 0. The van der Waals surface area contributed by atoms with Crippen molar-refractivity contribution in [2.45, 2.75) is 34.6 Å². The van der Waals surface area contributed by atoms with Crippen molar-refractivity contribution in [2.75, 3.05) is 4.90 Å². The number of nitrogens with zero attached hydrogens (tertiary/aromatic N) is 4. The summed E-state index contributed by atoms with van der Waals surface area (Å²) in [7, 11) is 1.20. The van der Waals surface area contributed by atoms with Crippen LogP contribution in [0, 0.1) is 34.6 Å². The van der Waals surface area contributed by atoms with E-state index in [1.807, 2.05) is 6.26 Å². The van der Waals surface area contributed by atoms with Gasteiger partial charge in [0.1, 0.15) is 12.1 Å². The molecule has 0 amide bonds. The van der Waals surface area contributed by atoms with Gasteiger partial charge in [0.05, 0.1) is 41.4 Å². The van der Waals surface area contributed by atoms with Crippen LogP contribution < -0.4 is 15.5 Å². The molecule has 5 heterocycles. The van der Waals surface area contributed by atoms with Crippen LogP contribution in [0.15, 0.2) is 149 Å². The Bertz CT molecular complexity index is 3010. The number of fused-ring (bicyclic) bond motifs is 6. The largest absolute Gasteiger partial charge is 0.431 e. The smallest absolute Gasteiger partial charge is 0.301 e. The van der Waals surface area contributed by atoms with Gasteiger partial charge in [-0.05, 0) is 70.5 Å². The molecule has 5 aromatic carbocycles. The highest BCUT2D eigenvalue weighted by Gasteiger charge is 2.31. The summed E-state index contributed by atoms with van der Waals surface area (Å²) < 4.78 is 20.3. The number of para-hydroxylation sites is 2. The number of rotatable bonds is 7. The molecule has 10 aromatic rings. The van der Waals surface area contributed by atoms with E-state index in [1.54, 1.807) is 0 Å². The van der Waals surface area contributed by atoms with Crippen molar-refractivity contribution in [3.63, 3.8) is 0 Å². The van der Waals surface area contributed by atoms with Crippen LogP contribution in [0.5, 0.6) is 0 Å². The molecule has 5 aromatic heterocycles. The van der Waals surface area contributed by atoms with Gasteiger partial charge in [-0.15, -0.1) is 0 Å². The minimum atomic E-state index is -0.979. The molecule has 0 radical (unpaired) electrons. The molecule has 0 fully saturated rings. The average molecular weight is 737 g/mol. The predicted octanol–water partition coefficient (Wildman–Crippen LogP) is 12.3. The second-order valence-electron chi connectivity index (χ2n) is 14.6. The molecule has 0 bridgehead atoms. The van der Waals surface area contributed by atoms with E-state index >= 15 is 0 Å². The van der Waals surface area contributed by atoms with Crippen LogP contribution in [0.1, 0.15) is 28.1 Å². The molecule has 0 saturated heterocycles. The van der Waals surface area contributed by atoms with Gasteiger partial charge < -0.3 is 22.3 Å². The third kappa shape index (κ3) is 4.91. The van der Waals surface area contributed by atoms with Crippen LogP contribution in [0.2, 0.25) is 0 Å². The van der Waals surface area contributed by atoms with Gasteiger partial charge in [0.25, 0.3) is 0 Å². The number of aromatic nitrogens is 3. The lowest BCUT2D eigenvalue weighted by atomic mass is 10.1. The first-order chi connectivity index (χ1) is 26.8. The molecule has 10 rings (SSSR count). The van der Waals surface area contributed by atoms with E-state index in [4.69, 9.17) is 8.83 Å². The van der Waals surface area contributed by atoms with E-state index in [1.165, 1.54) is 54.6 Å². The summed E-state index contributed by atoms with van der Waals surface area (Å²) in [6.07, 6.45) is 1.83. The van der Waals surface area contributed by atoms with Crippen LogP contribution >= 0.6 is 8.07 Å². The molecule has 0 spiro atoms. The minimum Gasteiger partial charge on any atom is -0.431 e. The Hall–Kier alpha value is -6.23. The number of anilines is 3. The van der Waals surface area contributed by atoms with Gasteiger partial charge in [-0.25, -0.2) is 0 Å². The first-order valence-electron chi connectivity index (χ1n) is 18.8. The van der Waals surface area contributed by atoms with Gasteiger partial charge in [0, 0.05) is 56.3 Å². The maximum absolute atomic E-state index is 6.81. The van der Waals surface area contributed by atoms with E-state index in [2.05, 4.69) is 193 Å². The van der Waals surface area contributed by atoms with Crippen LogP contribution in [-0.2, 0) is 7.05 Å². The first kappa shape index (κ1) is 33.3. The van der Waals surface area contributed by atoms with E-state index in [0.717, 1.165) is 45.2 Å². The Morgan fingerprint density at radius 3 is 1.91 bits per heavy atom. The summed E-state index contributed by atoms with van der Waals surface area (Å²) in [6, 6.07) is 48.2. The second-order valence-corrected chi connectivity index (χ2v) is 16.6. The quantitative estimate of drug-likeness (QED) is 0.153. The highest BCUT2D eigenvalue weighted by molar-refractivity contribution is 7.72. The van der Waals surface area contributed by atoms with Crippen LogP contribution in [0.3, 0.4) is 0 Å². The third-order valence-corrected chi connectivity index (χ3v) is 13.7. The molecule has 0 aliphatic heterocycles. The normalized spacial score (nSPS) is 12.0. The SMILES string of the molecule is Cc1cc(C)n(-c2coc3oc(N(c4ccccc4)c4c(C)c5c(ccc6c7ccccc7n(P(c7ccccc7)c7ccccc7)c65)n4C)c(C)c23)c1C. The van der Waals surface area contributed by atoms with Gasteiger partial charge in [0.15, 0.2) is 0 Å². The molecule has 0 saturated carbocycles. The minimum absolute atomic E-state index is 0.517. The lowest BCUT2D eigenvalue weighted by Crippen LogP contribution is -2.17. The van der Waals surface area contributed by atoms with Crippen molar-refractivity contribution < 1.29 is 8.83 Å². The van der Waals surface area contributed by atoms with Crippen LogP contribution in [0.25, 0.3) is 49.6 Å². The number of benzene rings is 5. The highest BCUT2D eigenvalue weighted by atomic mass is 31.1. The van der Waals surface area contributed by atoms with E-state index < -0.39 is 8.07 Å². The maximum Gasteiger partial charge on any atom is 0.301 e. The molecule has 0 aliphatic carbocycles. The monoisotopic (exact) mass is 736 g/mol. The van der Waals surface area contributed by atoms with E-state index in [9.17, 15) is 0 Å². The fourth-order valence-corrected chi connectivity index (χ4v) is 11.3. The molecular weight excluding hydrogens is 696 g/mol. The third-order valence-electron chi connectivity index (χ3n) is 11.4. The van der Waals surface area contributed by atoms with Crippen molar-refractivity contribution >= 4 is 79.9 Å². The van der Waals surface area contributed by atoms with Crippen molar-refractivity contribution in [3.05, 3.63) is 168 Å². The zero-order valence-electron chi connectivity index (χ0n) is 31.8. The van der Waals surface area contributed by atoms with Gasteiger partial charge in [-0.2, -0.15) is 0 Å². The van der Waals surface area contributed by atoms with Gasteiger partial charge in [0.2, 0.25) is 5.88 Å². The van der Waals surface area contributed by atoms with Gasteiger partial charge in [-0.3, -0.25) is 4.90 Å². The van der Waals surface area contributed by atoms with Crippen LogP contribution in [0.4, 0.5) is 17.4 Å². The Morgan fingerprint density at radius 2 is 1.25 bits per heavy atom. The summed E-state index contributed by atoms with van der Waals surface area (Å²) in [5.41, 5.74) is 11.4. The standard InChI is InChI=1S/C48H41N4O2P/c1-30-28-31(2)50(34(30)5)42-29-53-48-44(42)33(4)47(54-48)51(35-18-10-7-11-19-35)46-32(3)43-41(49(46)6)27-26-39-38-24-16-17-25-40(38)52(45(39)43)55(36-20-12-8-13-21-36)37-22-14-9-15-23-37/h7-29H,1-6H3. The Morgan fingerprint density at radius 1 is 0.618 bits per heavy atom. The summed E-state index contributed by atoms with van der Waals surface area (Å²) in [5.74, 6) is 2.30. The molecule has 270 valence electrons. The lowest BCUT2D eigenvalue weighted by molar-refractivity contribution is 0.480. The lowest BCUT2D eigenvalue weighted by Gasteiger charge is -2.25. The summed E-state index contributed by atoms with van der Waals surface area (Å²) in [5, 5.41) is 7.32. The molecule has 55 heavy (non-hydrogen) atoms. The number of furan rings is 2. The fourth-order valence-electron chi connectivity index (χ4n) is 8.80. The molecule has 0 aliphatic rings. The van der Waals surface area contributed by atoms with E-state index in [-0.39, 0.29) is 0 Å². The number of hydrogen-bond acceptors (Lipinski definition) is 3. The highest BCUT2D eigenvalue weighted by Crippen LogP contribution is 2.51. The fraction of sp³-hybridized carbons (Fsp3) is 0.125. The van der Waals surface area contributed by atoms with Gasteiger partial charge in [-0.1, -0.05) is 103 Å². The Kier molecular flexibility index (Phi) is 7.69. The zero-order valence-corrected chi connectivity index (χ0v) is 32.7. The van der Waals surface area contributed by atoms with E-state index in [0.29, 0.717) is 5.78 Å². The maximum atomic E-state index is 6.81. The van der Waals surface area contributed by atoms with Crippen molar-refractivity contribution in [3.8, 4) is 5.69 Å². The zero-order chi connectivity index (χ0) is 37.5. The predicted molar refractivity (Wildman–Crippen MR) is 230 cm³/mol. The van der Waals surface area contributed by atoms with Gasteiger partial charge >= 0.3 is 5.78 Å². The summed E-state index contributed by atoms with van der Waals surface area (Å²) in [6.45, 7) is 10.9. The van der Waals surface area contributed by atoms with Crippen molar-refractivity contribution in [2.24, 2.45) is 7.05 Å². The topological polar surface area (TPSA) is 44.3 Å². The Balaban J connectivity index is 1.28. The molecule has 0 unspecified atom stereocenters. The molecule has 6 nitrogen and oxygen atoms in total. The first-order valence-corrected chi connectivity index (χ1v) is 20.1. The van der Waals surface area contributed by atoms with Crippen molar-refractivity contribution in [1.82, 2.24) is 13.5 Å². The molecule has 0 atom stereocenters. The summed E-state index contributed by atoms with van der Waals surface area (Å²) in [4.78, 5) is 2.28. The Labute approximate surface area is 321 Å². The molecular formula is C48H41N4O2P. The average Bonchev–Trinajstić information content (AvgIpc) is 3.98. The second kappa shape index (κ2) is 12.7. The molecule has 0 N–H and O–H groups in total. The molecule has 7 heteroatoms. The van der Waals surface area contributed by atoms with Crippen LogP contribution in [-0.4, -0.2) is 13.5 Å².